The quantitative estimate of drug-likeness (QED) is 0.345. The van der Waals surface area contributed by atoms with Crippen LogP contribution < -0.4 is 9.64 Å². The third-order valence-electron chi connectivity index (χ3n) is 8.84. The SMILES string of the molecule is COc1cc(C(=O)N2CC3CN(C)CC3C2)ncc1-c1cc2nccc(-c3ccc(N4CC[C@@H](F)C4)c(C#N)c3)c2o1. The van der Waals surface area contributed by atoms with Gasteiger partial charge >= 0.3 is 0 Å². The van der Waals surface area contributed by atoms with Crippen molar-refractivity contribution in [3.63, 3.8) is 0 Å². The number of alkyl halides is 1. The fraction of sp³-hybridized carbons (Fsp3) is 0.375. The molecule has 4 aromatic rings. The summed E-state index contributed by atoms with van der Waals surface area (Å²) in [6, 6.07) is 13.2. The van der Waals surface area contributed by atoms with Crippen LogP contribution in [0.5, 0.6) is 5.75 Å². The first-order valence-corrected chi connectivity index (χ1v) is 14.3. The lowest BCUT2D eigenvalue weighted by Crippen LogP contribution is -2.32. The number of aromatic nitrogens is 2. The molecular weight excluding hydrogens is 535 g/mol. The molecule has 7 rings (SSSR count). The van der Waals surface area contributed by atoms with Gasteiger partial charge in [0.25, 0.3) is 5.91 Å². The van der Waals surface area contributed by atoms with Gasteiger partial charge in [0.2, 0.25) is 0 Å². The Bertz CT molecular complexity index is 1720. The zero-order chi connectivity index (χ0) is 29.0. The molecule has 0 spiro atoms. The molecule has 3 fully saturated rings. The fourth-order valence-corrected chi connectivity index (χ4v) is 6.77. The zero-order valence-electron chi connectivity index (χ0n) is 23.6. The first kappa shape index (κ1) is 26.4. The van der Waals surface area contributed by atoms with Crippen LogP contribution in [0.3, 0.4) is 0 Å². The lowest BCUT2D eigenvalue weighted by atomic mass is 10.0. The number of likely N-dealkylation sites (tertiary alicyclic amines) is 2. The lowest BCUT2D eigenvalue weighted by molar-refractivity contribution is 0.0769. The Balaban J connectivity index is 1.19. The number of nitriles is 1. The number of pyridine rings is 2. The number of amides is 1. The maximum atomic E-state index is 13.8. The van der Waals surface area contributed by atoms with E-state index in [1.165, 1.54) is 0 Å². The van der Waals surface area contributed by atoms with Gasteiger partial charge in [-0.3, -0.25) is 14.8 Å². The number of halogens is 1. The normalized spacial score (nSPS) is 22.1. The summed E-state index contributed by atoms with van der Waals surface area (Å²) in [5.41, 5.74) is 4.96. The van der Waals surface area contributed by atoms with Crippen molar-refractivity contribution in [3.8, 4) is 34.3 Å². The van der Waals surface area contributed by atoms with Crippen LogP contribution in [0.2, 0.25) is 0 Å². The molecule has 3 aliphatic heterocycles. The van der Waals surface area contributed by atoms with E-state index in [0.717, 1.165) is 43.0 Å². The number of hydrogen-bond donors (Lipinski definition) is 0. The van der Waals surface area contributed by atoms with Crippen LogP contribution >= 0.6 is 0 Å². The van der Waals surface area contributed by atoms with Crippen molar-refractivity contribution in [2.45, 2.75) is 12.6 Å². The van der Waals surface area contributed by atoms with Gasteiger partial charge in [-0.05, 0) is 49.1 Å². The summed E-state index contributed by atoms with van der Waals surface area (Å²) >= 11 is 0. The minimum Gasteiger partial charge on any atom is -0.496 e. The predicted molar refractivity (Wildman–Crippen MR) is 156 cm³/mol. The molecule has 1 amide bonds. The molecule has 6 heterocycles. The number of methoxy groups -OCH3 is 1. The highest BCUT2D eigenvalue weighted by Gasteiger charge is 2.41. The number of rotatable bonds is 5. The van der Waals surface area contributed by atoms with Crippen LogP contribution in [0.1, 0.15) is 22.5 Å². The maximum absolute atomic E-state index is 13.8. The van der Waals surface area contributed by atoms with Gasteiger partial charge < -0.3 is 23.9 Å². The second-order valence-corrected chi connectivity index (χ2v) is 11.6. The van der Waals surface area contributed by atoms with Crippen molar-refractivity contribution in [2.75, 3.05) is 58.3 Å². The van der Waals surface area contributed by atoms with Crippen LogP contribution in [0.15, 0.2) is 53.2 Å². The average molecular weight is 567 g/mol. The van der Waals surface area contributed by atoms with E-state index in [-0.39, 0.29) is 5.91 Å². The van der Waals surface area contributed by atoms with E-state index >= 15 is 0 Å². The Labute approximate surface area is 243 Å². The molecule has 0 aliphatic carbocycles. The third-order valence-corrected chi connectivity index (χ3v) is 8.84. The highest BCUT2D eigenvalue weighted by molar-refractivity contribution is 5.95. The molecule has 1 aromatic carbocycles. The Morgan fingerprint density at radius 2 is 1.88 bits per heavy atom. The minimum absolute atomic E-state index is 0.0850. The van der Waals surface area contributed by atoms with Crippen molar-refractivity contribution < 1.29 is 18.3 Å². The number of anilines is 1. The first-order valence-electron chi connectivity index (χ1n) is 14.3. The molecule has 3 aromatic heterocycles. The van der Waals surface area contributed by atoms with Crippen molar-refractivity contribution in [3.05, 3.63) is 60.0 Å². The number of benzene rings is 1. The molecule has 0 radical (unpaired) electrons. The summed E-state index contributed by atoms with van der Waals surface area (Å²) < 4.78 is 25.8. The van der Waals surface area contributed by atoms with Crippen LogP contribution in [0.25, 0.3) is 33.6 Å². The fourth-order valence-electron chi connectivity index (χ4n) is 6.77. The van der Waals surface area contributed by atoms with Gasteiger partial charge in [0.15, 0.2) is 5.58 Å². The smallest absolute Gasteiger partial charge is 0.272 e. The van der Waals surface area contributed by atoms with Gasteiger partial charge in [-0.2, -0.15) is 5.26 Å². The van der Waals surface area contributed by atoms with E-state index in [1.54, 1.807) is 25.6 Å². The molecule has 0 N–H and O–H groups in total. The third kappa shape index (κ3) is 4.54. The van der Waals surface area contributed by atoms with Crippen LogP contribution in [0, 0.1) is 23.2 Å². The van der Waals surface area contributed by atoms with Gasteiger partial charge in [-0.15, -0.1) is 0 Å². The van der Waals surface area contributed by atoms with E-state index in [1.807, 2.05) is 40.1 Å². The number of fused-ring (bicyclic) bond motifs is 2. The Morgan fingerprint density at radius 3 is 2.60 bits per heavy atom. The summed E-state index contributed by atoms with van der Waals surface area (Å²) in [5, 5.41) is 9.87. The summed E-state index contributed by atoms with van der Waals surface area (Å²) in [6.45, 7) is 4.43. The van der Waals surface area contributed by atoms with Crippen LogP contribution in [-0.2, 0) is 0 Å². The Kier molecular flexibility index (Phi) is 6.54. The minimum atomic E-state index is -0.876. The Hall–Kier alpha value is -4.49. The number of nitrogens with zero attached hydrogens (tertiary/aromatic N) is 6. The molecule has 3 aliphatic rings. The molecule has 0 saturated carbocycles. The highest BCUT2D eigenvalue weighted by atomic mass is 19.1. The maximum Gasteiger partial charge on any atom is 0.272 e. The van der Waals surface area contributed by atoms with Crippen LogP contribution in [0.4, 0.5) is 10.1 Å². The molecule has 10 heteroatoms. The van der Waals surface area contributed by atoms with E-state index < -0.39 is 6.17 Å². The first-order chi connectivity index (χ1) is 20.4. The second-order valence-electron chi connectivity index (χ2n) is 11.6. The number of hydrogen-bond acceptors (Lipinski definition) is 8. The van der Waals surface area contributed by atoms with E-state index in [4.69, 9.17) is 9.15 Å². The van der Waals surface area contributed by atoms with Crippen molar-refractivity contribution in [1.29, 1.82) is 5.26 Å². The molecule has 9 nitrogen and oxygen atoms in total. The van der Waals surface area contributed by atoms with E-state index in [9.17, 15) is 14.4 Å². The van der Waals surface area contributed by atoms with Gasteiger partial charge in [0.1, 0.15) is 35.0 Å². The van der Waals surface area contributed by atoms with Crippen LogP contribution in [-0.4, -0.2) is 85.3 Å². The molecule has 0 bridgehead atoms. The van der Waals surface area contributed by atoms with Gasteiger partial charge in [0, 0.05) is 69.4 Å². The lowest BCUT2D eigenvalue weighted by Gasteiger charge is -2.19. The molecule has 3 saturated heterocycles. The van der Waals surface area contributed by atoms with Gasteiger partial charge in [-0.25, -0.2) is 4.39 Å². The van der Waals surface area contributed by atoms with Crippen molar-refractivity contribution >= 4 is 22.7 Å². The molecule has 42 heavy (non-hydrogen) atoms. The number of furan rings is 1. The van der Waals surface area contributed by atoms with E-state index in [0.29, 0.717) is 70.8 Å². The van der Waals surface area contributed by atoms with Crippen molar-refractivity contribution in [2.24, 2.45) is 11.8 Å². The summed E-state index contributed by atoms with van der Waals surface area (Å²) in [5.74, 6) is 1.94. The average Bonchev–Trinajstić information content (AvgIpc) is 3.79. The number of carbonyl (C=O) groups is 1. The van der Waals surface area contributed by atoms with Gasteiger partial charge in [-0.1, -0.05) is 6.07 Å². The number of carbonyl (C=O) groups excluding carboxylic acids is 1. The van der Waals surface area contributed by atoms with Gasteiger partial charge in [0.05, 0.1) is 23.9 Å². The largest absolute Gasteiger partial charge is 0.496 e. The number of ether oxygens (including phenoxy) is 1. The molecule has 214 valence electrons. The molecule has 3 atom stereocenters. The topological polar surface area (TPSA) is 98.7 Å². The summed E-state index contributed by atoms with van der Waals surface area (Å²) in [4.78, 5) is 28.5. The standard InChI is InChI=1S/C32H31FN6O3/c1-37-14-21-16-39(17-22(21)15-37)32(40)27-11-29(41-2)25(13-36-27)30-10-26-31(42-30)24(5-7-35-26)19-3-4-28(20(9-19)12-34)38-8-6-23(33)18-38/h3-5,7,9-11,13,21-23H,6,8,14-18H2,1-2H3/t21?,22?,23-/m1/s1. The Morgan fingerprint density at radius 1 is 1.07 bits per heavy atom. The summed E-state index contributed by atoms with van der Waals surface area (Å²) in [7, 11) is 3.69. The molecule has 2 unspecified atom stereocenters. The monoisotopic (exact) mass is 566 g/mol. The zero-order valence-corrected chi connectivity index (χ0v) is 23.6. The van der Waals surface area contributed by atoms with Crippen molar-refractivity contribution in [1.82, 2.24) is 19.8 Å². The predicted octanol–water partition coefficient (Wildman–Crippen LogP) is 4.62. The van der Waals surface area contributed by atoms with E-state index in [2.05, 4.69) is 28.0 Å². The summed E-state index contributed by atoms with van der Waals surface area (Å²) in [6.07, 6.45) is 2.91. The second kappa shape index (κ2) is 10.4. The molecular formula is C32H31FN6O3. The highest BCUT2D eigenvalue weighted by Crippen LogP contribution is 2.39.